The van der Waals surface area contributed by atoms with Crippen molar-refractivity contribution in [3.8, 4) is 5.75 Å². The molecule has 6 fully saturated rings. The van der Waals surface area contributed by atoms with Crippen LogP contribution >= 0.6 is 0 Å². The number of nitrogens with one attached hydrogen (secondary N) is 1. The van der Waals surface area contributed by atoms with E-state index < -0.39 is 58.2 Å². The second kappa shape index (κ2) is 12.1. The van der Waals surface area contributed by atoms with E-state index >= 15 is 0 Å². The van der Waals surface area contributed by atoms with Gasteiger partial charge in [-0.1, -0.05) is 19.1 Å². The van der Waals surface area contributed by atoms with Gasteiger partial charge in [-0.3, -0.25) is 9.69 Å². The Kier molecular flexibility index (Phi) is 8.33. The number of likely N-dealkylation sites (tertiary alicyclic amines) is 1. The zero-order chi connectivity index (χ0) is 37.0. The number of hydrogen-bond donors (Lipinski definition) is 3. The standard InChI is InChI=1S/C38H45F3N2O9/c1-5-43-19-34(52-33(45)22-8-6-7-9-25(22)42-32(44)20-10-12-21(13-11-20)51-38(39,40)41)15-14-29(49-3)36-27(34)17-24(30(36)43)35(46)18-26(48-2)23-16-28(36)37(35,47)31(23)50-4/h6-13,23-24,26-31,46-47H,5,14-19H2,1-4H3,(H,42,44)/t23-,24+,26+,27-,28+,29+,30?,31+,34-,35+,36+,37+/m1/s1. The van der Waals surface area contributed by atoms with Crippen LogP contribution in [0.4, 0.5) is 18.9 Å². The number of carbonyl (C=O) groups is 2. The van der Waals surface area contributed by atoms with Gasteiger partial charge in [0.05, 0.1) is 29.6 Å². The van der Waals surface area contributed by atoms with Gasteiger partial charge in [-0.05, 0) is 68.6 Å². The van der Waals surface area contributed by atoms with Gasteiger partial charge in [0, 0.05) is 75.0 Å². The van der Waals surface area contributed by atoms with Crippen LogP contribution in [-0.4, -0.2) is 109 Å². The minimum atomic E-state index is -4.87. The summed E-state index contributed by atoms with van der Waals surface area (Å²) in [6.07, 6.45) is -3.65. The molecule has 1 saturated heterocycles. The van der Waals surface area contributed by atoms with Crippen molar-refractivity contribution in [1.29, 1.82) is 0 Å². The lowest BCUT2D eigenvalue weighted by Gasteiger charge is -2.70. The van der Waals surface area contributed by atoms with Gasteiger partial charge in [0.2, 0.25) is 0 Å². The molecule has 1 amide bonds. The largest absolute Gasteiger partial charge is 0.573 e. The predicted molar refractivity (Wildman–Crippen MR) is 178 cm³/mol. The average Bonchev–Trinajstić information content (AvgIpc) is 3.54. The van der Waals surface area contributed by atoms with E-state index in [9.17, 15) is 33.0 Å². The minimum Gasteiger partial charge on any atom is -0.454 e. The number of piperidine rings is 1. The van der Waals surface area contributed by atoms with Crippen molar-refractivity contribution in [2.75, 3.05) is 39.7 Å². The summed E-state index contributed by atoms with van der Waals surface area (Å²) in [5.74, 6) is -2.93. The van der Waals surface area contributed by atoms with Gasteiger partial charge in [-0.25, -0.2) is 4.79 Å². The van der Waals surface area contributed by atoms with Crippen molar-refractivity contribution in [2.24, 2.45) is 29.1 Å². The number of benzene rings is 2. The normalized spacial score (nSPS) is 41.4. The van der Waals surface area contributed by atoms with E-state index in [1.54, 1.807) is 45.6 Å². The predicted octanol–water partition coefficient (Wildman–Crippen LogP) is 4.41. The molecule has 2 aromatic carbocycles. The number of aliphatic hydroxyl groups is 2. The Morgan fingerprint density at radius 2 is 1.71 bits per heavy atom. The van der Waals surface area contributed by atoms with E-state index in [2.05, 4.69) is 21.9 Å². The third kappa shape index (κ3) is 4.67. The third-order valence-corrected chi connectivity index (χ3v) is 13.9. The van der Waals surface area contributed by atoms with E-state index in [0.29, 0.717) is 38.8 Å². The molecule has 8 rings (SSSR count). The molecular formula is C38H45F3N2O9. The smallest absolute Gasteiger partial charge is 0.454 e. The van der Waals surface area contributed by atoms with Crippen molar-refractivity contribution in [3.05, 3.63) is 59.7 Å². The molecule has 1 heterocycles. The third-order valence-electron chi connectivity index (χ3n) is 13.9. The summed E-state index contributed by atoms with van der Waals surface area (Å²) in [4.78, 5) is 30.0. The Morgan fingerprint density at radius 1 is 0.981 bits per heavy atom. The lowest BCUT2D eigenvalue weighted by atomic mass is 9.44. The fraction of sp³-hybridized carbons (Fsp3) is 0.632. The quantitative estimate of drug-likeness (QED) is 0.319. The highest BCUT2D eigenvalue weighted by Crippen LogP contribution is 2.79. The first kappa shape index (κ1) is 35.7. The monoisotopic (exact) mass is 730 g/mol. The Balaban J connectivity index is 1.14. The van der Waals surface area contributed by atoms with Crippen molar-refractivity contribution in [2.45, 2.75) is 86.5 Å². The average molecular weight is 731 g/mol. The number of esters is 1. The zero-order valence-electron chi connectivity index (χ0n) is 29.5. The van der Waals surface area contributed by atoms with Crippen molar-refractivity contribution < 1.29 is 56.7 Å². The molecular weight excluding hydrogens is 685 g/mol. The minimum absolute atomic E-state index is 0.0626. The first-order valence-electron chi connectivity index (χ1n) is 18.0. The number of hydrogen-bond acceptors (Lipinski definition) is 10. The number of ether oxygens (including phenoxy) is 5. The molecule has 2 aromatic rings. The van der Waals surface area contributed by atoms with E-state index in [-0.39, 0.29) is 59.2 Å². The number of nitrogens with zero attached hydrogens (tertiary/aromatic N) is 1. The van der Waals surface area contributed by atoms with Crippen LogP contribution in [-0.2, 0) is 18.9 Å². The zero-order valence-corrected chi connectivity index (χ0v) is 29.5. The molecule has 6 aliphatic rings. The van der Waals surface area contributed by atoms with Crippen LogP contribution in [0.25, 0.3) is 0 Å². The first-order valence-corrected chi connectivity index (χ1v) is 18.0. The van der Waals surface area contributed by atoms with Crippen molar-refractivity contribution >= 4 is 17.6 Å². The maximum Gasteiger partial charge on any atom is 0.573 e. The van der Waals surface area contributed by atoms with Crippen LogP contribution in [0.2, 0.25) is 0 Å². The van der Waals surface area contributed by atoms with Crippen molar-refractivity contribution in [3.63, 3.8) is 0 Å². The number of fused-ring (bicyclic) bond motifs is 2. The number of halogens is 3. The fourth-order valence-electron chi connectivity index (χ4n) is 12.4. The molecule has 282 valence electrons. The highest BCUT2D eigenvalue weighted by atomic mass is 19.4. The molecule has 5 aliphatic carbocycles. The van der Waals surface area contributed by atoms with Gasteiger partial charge in [0.1, 0.15) is 22.6 Å². The number of amides is 1. The fourth-order valence-corrected chi connectivity index (χ4v) is 12.4. The number of alkyl halides is 3. The molecule has 11 nitrogen and oxygen atoms in total. The number of para-hydroxylation sites is 1. The molecule has 3 N–H and O–H groups in total. The van der Waals surface area contributed by atoms with E-state index in [1.807, 2.05) is 0 Å². The summed E-state index contributed by atoms with van der Waals surface area (Å²) < 4.78 is 67.0. The second-order valence-corrected chi connectivity index (χ2v) is 15.5. The van der Waals surface area contributed by atoms with Gasteiger partial charge in [0.25, 0.3) is 5.91 Å². The molecule has 7 bridgehead atoms. The first-order chi connectivity index (χ1) is 24.7. The van der Waals surface area contributed by atoms with Gasteiger partial charge in [-0.2, -0.15) is 0 Å². The number of anilines is 1. The summed E-state index contributed by atoms with van der Waals surface area (Å²) in [5, 5.41) is 28.6. The summed E-state index contributed by atoms with van der Waals surface area (Å²) in [5.41, 5.74) is -4.38. The molecule has 0 radical (unpaired) electrons. The molecule has 1 spiro atoms. The SMILES string of the molecule is CCN1C[C@]2(OC(=O)c3ccccc3NC(=O)c3ccc(OC(F)(F)F)cc3)CC[C@H](OC)[C@]34C1[C@H](C[C@H]23)[C@@]1(O)C[C@H](OC)[C@H]2C[C@@H]4[C@]1(O)[C@H]2OC. The molecule has 5 saturated carbocycles. The van der Waals surface area contributed by atoms with Gasteiger partial charge >= 0.3 is 12.3 Å². The van der Waals surface area contributed by atoms with Crippen LogP contribution in [0.1, 0.15) is 59.7 Å². The maximum atomic E-state index is 14.4. The van der Waals surface area contributed by atoms with E-state index in [1.165, 1.54) is 12.1 Å². The number of methoxy groups -OCH3 is 3. The molecule has 14 heteroatoms. The van der Waals surface area contributed by atoms with Crippen LogP contribution in [0.15, 0.2) is 48.5 Å². The Hall–Kier alpha value is -3.27. The van der Waals surface area contributed by atoms with Crippen LogP contribution in [0.5, 0.6) is 5.75 Å². The topological polar surface area (TPSA) is 136 Å². The van der Waals surface area contributed by atoms with Crippen molar-refractivity contribution in [1.82, 2.24) is 4.90 Å². The second-order valence-electron chi connectivity index (χ2n) is 15.5. The van der Waals surface area contributed by atoms with Gasteiger partial charge < -0.3 is 39.2 Å². The summed E-state index contributed by atoms with van der Waals surface area (Å²) in [6.45, 7) is 3.12. The maximum absolute atomic E-state index is 14.4. The van der Waals surface area contributed by atoms with Crippen LogP contribution in [0, 0.1) is 29.1 Å². The van der Waals surface area contributed by atoms with Crippen LogP contribution in [0.3, 0.4) is 0 Å². The molecule has 52 heavy (non-hydrogen) atoms. The molecule has 12 atom stereocenters. The highest BCUT2D eigenvalue weighted by Gasteiger charge is 2.89. The number of carbonyl (C=O) groups excluding carboxylic acids is 2. The van der Waals surface area contributed by atoms with E-state index in [4.69, 9.17) is 18.9 Å². The molecule has 1 aliphatic heterocycles. The Bertz CT molecular complexity index is 1740. The Labute approximate surface area is 299 Å². The Morgan fingerprint density at radius 3 is 2.37 bits per heavy atom. The lowest BCUT2D eigenvalue weighted by Crippen LogP contribution is -2.83. The highest BCUT2D eigenvalue weighted by molar-refractivity contribution is 6.08. The van der Waals surface area contributed by atoms with Gasteiger partial charge in [-0.15, -0.1) is 13.2 Å². The van der Waals surface area contributed by atoms with E-state index in [0.717, 1.165) is 12.1 Å². The summed E-state index contributed by atoms with van der Waals surface area (Å²) in [7, 11) is 4.93. The number of likely N-dealkylation sites (N-methyl/N-ethyl adjacent to an activating group) is 1. The molecule has 1 unspecified atom stereocenters. The van der Waals surface area contributed by atoms with Crippen LogP contribution < -0.4 is 10.1 Å². The lowest BCUT2D eigenvalue weighted by molar-refractivity contribution is -0.337. The number of rotatable bonds is 9. The summed E-state index contributed by atoms with van der Waals surface area (Å²) >= 11 is 0. The van der Waals surface area contributed by atoms with Gasteiger partial charge in [0.15, 0.2) is 0 Å². The molecule has 0 aromatic heterocycles. The summed E-state index contributed by atoms with van der Waals surface area (Å²) in [6, 6.07) is 10.8.